The summed E-state index contributed by atoms with van der Waals surface area (Å²) in [6.07, 6.45) is 0.793. The average molecular weight is 453 g/mol. The number of nitrogens with one attached hydrogen (secondary N) is 2. The topological polar surface area (TPSA) is 70.4 Å². The quantitative estimate of drug-likeness (QED) is 0.443. The molecule has 5 nitrogen and oxygen atoms in total. The van der Waals surface area contributed by atoms with Crippen molar-refractivity contribution in [3.63, 3.8) is 0 Å². The third-order valence-electron chi connectivity index (χ3n) is 5.30. The highest BCUT2D eigenvalue weighted by molar-refractivity contribution is 8.00. The molecule has 0 spiro atoms. The summed E-state index contributed by atoms with van der Waals surface area (Å²) in [5, 5.41) is 6.83. The number of para-hydroxylation sites is 2. The summed E-state index contributed by atoms with van der Waals surface area (Å²) in [6.45, 7) is 2.41. The summed E-state index contributed by atoms with van der Waals surface area (Å²) in [6, 6.07) is 23.4. The third-order valence-corrected chi connectivity index (χ3v) is 6.76. The van der Waals surface area contributed by atoms with Crippen molar-refractivity contribution in [2.75, 3.05) is 4.90 Å². The standard InChI is InChI=1S/C24H25ClN4OS/c1-2-19(16-9-4-3-5-10-16)27-23(30)28-24-29(20-13-6-7-14-21(20)31-24)22-17(15-26)11-8-12-18(22)25/h3-14,19,24H,2,15,26H2,1H3,(H2,27,28,30). The Morgan fingerprint density at radius 1 is 1.10 bits per heavy atom. The maximum absolute atomic E-state index is 13.0. The fourth-order valence-corrected chi connectivity index (χ4v) is 5.26. The van der Waals surface area contributed by atoms with E-state index in [1.807, 2.05) is 72.8 Å². The molecule has 2 amide bonds. The van der Waals surface area contributed by atoms with Crippen LogP contribution in [0.4, 0.5) is 16.2 Å². The first kappa shape index (κ1) is 21.6. The Morgan fingerprint density at radius 3 is 2.58 bits per heavy atom. The van der Waals surface area contributed by atoms with E-state index < -0.39 is 0 Å². The molecular weight excluding hydrogens is 428 g/mol. The van der Waals surface area contributed by atoms with Crippen LogP contribution in [0.3, 0.4) is 0 Å². The Morgan fingerprint density at radius 2 is 1.84 bits per heavy atom. The van der Waals surface area contributed by atoms with Crippen molar-refractivity contribution in [1.82, 2.24) is 10.6 Å². The minimum absolute atomic E-state index is 0.0663. The summed E-state index contributed by atoms with van der Waals surface area (Å²) in [7, 11) is 0. The summed E-state index contributed by atoms with van der Waals surface area (Å²) in [5.74, 6) is 0. The molecule has 7 heteroatoms. The Kier molecular flexibility index (Phi) is 6.70. The minimum atomic E-state index is -0.351. The fourth-order valence-electron chi connectivity index (χ4n) is 3.80. The lowest BCUT2D eigenvalue weighted by molar-refractivity contribution is 0.236. The van der Waals surface area contributed by atoms with E-state index in [0.29, 0.717) is 11.6 Å². The summed E-state index contributed by atoms with van der Waals surface area (Å²) in [4.78, 5) is 16.1. The van der Waals surface area contributed by atoms with Gasteiger partial charge in [0.15, 0.2) is 5.50 Å². The number of carbonyl (C=O) groups excluding carboxylic acids is 1. The largest absolute Gasteiger partial charge is 0.331 e. The van der Waals surface area contributed by atoms with Gasteiger partial charge in [0.25, 0.3) is 0 Å². The van der Waals surface area contributed by atoms with Crippen molar-refractivity contribution >= 4 is 40.8 Å². The van der Waals surface area contributed by atoms with Crippen LogP contribution < -0.4 is 21.3 Å². The van der Waals surface area contributed by atoms with E-state index in [1.54, 1.807) is 11.8 Å². The number of hydrogen-bond acceptors (Lipinski definition) is 4. The Hall–Kier alpha value is -2.67. The number of benzene rings is 3. The number of hydrogen-bond donors (Lipinski definition) is 3. The van der Waals surface area contributed by atoms with Gasteiger partial charge in [0.1, 0.15) is 0 Å². The number of urea groups is 1. The summed E-state index contributed by atoms with van der Waals surface area (Å²) >= 11 is 8.19. The van der Waals surface area contributed by atoms with Crippen molar-refractivity contribution in [2.45, 2.75) is 36.3 Å². The van der Waals surface area contributed by atoms with Gasteiger partial charge in [0.2, 0.25) is 0 Å². The third kappa shape index (κ3) is 4.51. The van der Waals surface area contributed by atoms with Gasteiger partial charge in [-0.15, -0.1) is 0 Å². The van der Waals surface area contributed by atoms with Gasteiger partial charge in [0.05, 0.1) is 22.4 Å². The predicted octanol–water partition coefficient (Wildman–Crippen LogP) is 5.78. The molecule has 2 unspecified atom stereocenters. The number of rotatable bonds is 6. The number of amides is 2. The van der Waals surface area contributed by atoms with Crippen LogP contribution in [0, 0.1) is 0 Å². The number of fused-ring (bicyclic) bond motifs is 1. The SMILES string of the molecule is CCC(NC(=O)NC1Sc2ccccc2N1c1c(Cl)cccc1CN)c1ccccc1. The van der Waals surface area contributed by atoms with Crippen molar-refractivity contribution in [3.8, 4) is 0 Å². The van der Waals surface area contributed by atoms with E-state index in [9.17, 15) is 4.79 Å². The molecule has 0 saturated carbocycles. The lowest BCUT2D eigenvalue weighted by atomic mass is 10.1. The molecule has 0 saturated heterocycles. The van der Waals surface area contributed by atoms with Crippen LogP contribution in [0.25, 0.3) is 0 Å². The van der Waals surface area contributed by atoms with Crippen molar-refractivity contribution in [2.24, 2.45) is 5.73 Å². The van der Waals surface area contributed by atoms with Crippen LogP contribution in [0.5, 0.6) is 0 Å². The highest BCUT2D eigenvalue weighted by atomic mass is 35.5. The zero-order chi connectivity index (χ0) is 21.8. The first-order valence-electron chi connectivity index (χ1n) is 10.3. The lowest BCUT2D eigenvalue weighted by Crippen LogP contribution is -2.47. The molecule has 31 heavy (non-hydrogen) atoms. The van der Waals surface area contributed by atoms with E-state index in [-0.39, 0.29) is 17.6 Å². The first-order valence-corrected chi connectivity index (χ1v) is 11.5. The smallest absolute Gasteiger partial charge is 0.317 e. The van der Waals surface area contributed by atoms with Crippen LogP contribution in [-0.2, 0) is 6.54 Å². The van der Waals surface area contributed by atoms with Crippen LogP contribution in [0.1, 0.15) is 30.5 Å². The number of thioether (sulfide) groups is 1. The van der Waals surface area contributed by atoms with Gasteiger partial charge in [-0.3, -0.25) is 0 Å². The highest BCUT2D eigenvalue weighted by Gasteiger charge is 2.34. The van der Waals surface area contributed by atoms with Crippen LogP contribution >= 0.6 is 23.4 Å². The van der Waals surface area contributed by atoms with Crippen LogP contribution in [0.15, 0.2) is 77.7 Å². The Labute approximate surface area is 192 Å². The summed E-state index contributed by atoms with van der Waals surface area (Å²) < 4.78 is 0. The zero-order valence-corrected chi connectivity index (χ0v) is 18.8. The molecular formula is C24H25ClN4OS. The van der Waals surface area contributed by atoms with Crippen molar-refractivity contribution in [1.29, 1.82) is 0 Å². The molecule has 0 bridgehead atoms. The first-order chi connectivity index (χ1) is 15.1. The normalized spacial score (nSPS) is 16.0. The second-order valence-corrected chi connectivity index (χ2v) is 8.78. The maximum atomic E-state index is 13.0. The van der Waals surface area contributed by atoms with Crippen LogP contribution in [-0.4, -0.2) is 11.5 Å². The maximum Gasteiger partial charge on any atom is 0.317 e. The predicted molar refractivity (Wildman–Crippen MR) is 129 cm³/mol. The van der Waals surface area contributed by atoms with Gasteiger partial charge in [-0.25, -0.2) is 4.79 Å². The zero-order valence-electron chi connectivity index (χ0n) is 17.2. The van der Waals surface area contributed by atoms with Crippen molar-refractivity contribution in [3.05, 3.63) is 88.9 Å². The molecule has 1 aliphatic heterocycles. The molecule has 3 aromatic carbocycles. The molecule has 0 aliphatic carbocycles. The number of carbonyl (C=O) groups is 1. The number of nitrogens with zero attached hydrogens (tertiary/aromatic N) is 1. The van der Waals surface area contributed by atoms with Gasteiger partial charge >= 0.3 is 6.03 Å². The van der Waals surface area contributed by atoms with Crippen molar-refractivity contribution < 1.29 is 4.79 Å². The van der Waals surface area contributed by atoms with Gasteiger partial charge in [-0.2, -0.15) is 0 Å². The Bertz CT molecular complexity index is 1060. The molecule has 0 aromatic heterocycles. The second-order valence-electron chi connectivity index (χ2n) is 7.25. The molecule has 1 aliphatic rings. The highest BCUT2D eigenvalue weighted by Crippen LogP contribution is 2.49. The summed E-state index contributed by atoms with van der Waals surface area (Å²) in [5.41, 5.74) is 9.48. The lowest BCUT2D eigenvalue weighted by Gasteiger charge is -2.30. The molecule has 3 aromatic rings. The van der Waals surface area contributed by atoms with Gasteiger partial charge in [0, 0.05) is 11.4 Å². The second kappa shape index (κ2) is 9.64. The molecule has 4 N–H and O–H groups in total. The van der Waals surface area contributed by atoms with E-state index in [0.717, 1.165) is 33.8 Å². The number of anilines is 2. The van der Waals surface area contributed by atoms with Gasteiger partial charge in [-0.05, 0) is 35.7 Å². The Balaban J connectivity index is 1.61. The number of halogens is 1. The van der Waals surface area contributed by atoms with E-state index in [2.05, 4.69) is 22.5 Å². The number of nitrogens with two attached hydrogens (primary N) is 1. The molecule has 160 valence electrons. The molecule has 1 heterocycles. The fraction of sp³-hybridized carbons (Fsp3) is 0.208. The van der Waals surface area contributed by atoms with E-state index >= 15 is 0 Å². The van der Waals surface area contributed by atoms with Crippen LogP contribution in [0.2, 0.25) is 5.02 Å². The minimum Gasteiger partial charge on any atom is -0.331 e. The van der Waals surface area contributed by atoms with Gasteiger partial charge in [-0.1, -0.05) is 84.9 Å². The van der Waals surface area contributed by atoms with E-state index in [1.165, 1.54) is 0 Å². The molecule has 0 fully saturated rings. The molecule has 0 radical (unpaired) electrons. The van der Waals surface area contributed by atoms with Gasteiger partial charge < -0.3 is 21.3 Å². The monoisotopic (exact) mass is 452 g/mol. The molecule has 4 rings (SSSR count). The van der Waals surface area contributed by atoms with E-state index in [4.69, 9.17) is 17.3 Å². The molecule has 2 atom stereocenters. The average Bonchev–Trinajstić information content (AvgIpc) is 3.15.